The second-order valence-electron chi connectivity index (χ2n) is 11.8. The smallest absolute Gasteiger partial charge is 0.408 e. The summed E-state index contributed by atoms with van der Waals surface area (Å²) in [6, 6.07) is 25.2. The molecule has 47 heavy (non-hydrogen) atoms. The van der Waals surface area contributed by atoms with E-state index in [9.17, 15) is 19.2 Å². The van der Waals surface area contributed by atoms with Crippen LogP contribution in [0.4, 0.5) is 4.79 Å². The number of rotatable bonds is 10. The van der Waals surface area contributed by atoms with Crippen molar-refractivity contribution in [1.29, 1.82) is 0 Å². The predicted octanol–water partition coefficient (Wildman–Crippen LogP) is 4.87. The zero-order valence-corrected chi connectivity index (χ0v) is 27.2. The molecule has 1 fully saturated rings. The molecule has 5 rings (SSSR count). The van der Waals surface area contributed by atoms with Crippen molar-refractivity contribution in [3.63, 3.8) is 0 Å². The highest BCUT2D eigenvalue weighted by molar-refractivity contribution is 8.00. The number of esters is 1. The van der Waals surface area contributed by atoms with Crippen molar-refractivity contribution in [2.75, 3.05) is 12.9 Å². The van der Waals surface area contributed by atoms with Crippen LogP contribution in [0.15, 0.2) is 107 Å². The van der Waals surface area contributed by atoms with Gasteiger partial charge in [-0.3, -0.25) is 14.5 Å². The first-order valence-electron chi connectivity index (χ1n) is 15.0. The number of hydrogen-bond donors (Lipinski definition) is 2. The fourth-order valence-electron chi connectivity index (χ4n) is 5.20. The SMILES string of the molecule is CON=CC1=C(C(=O)OC(c2ccccc2)c2ccccc2)N2C(=O)C(NC(=O)[C@@H](NC(=O)OC(C)(C)C)c3ccccc3)[C@@H]2SC1. The number of ether oxygens (including phenoxy) is 2. The average molecular weight is 657 g/mol. The molecule has 3 amide bonds. The highest BCUT2D eigenvalue weighted by atomic mass is 32.2. The van der Waals surface area contributed by atoms with E-state index < -0.39 is 53.0 Å². The number of nitrogens with zero attached hydrogens (tertiary/aromatic N) is 2. The summed E-state index contributed by atoms with van der Waals surface area (Å²) in [6.45, 7) is 5.15. The fraction of sp³-hybridized carbons (Fsp3) is 0.286. The minimum atomic E-state index is -1.14. The van der Waals surface area contributed by atoms with Gasteiger partial charge in [-0.05, 0) is 37.5 Å². The first-order chi connectivity index (χ1) is 22.6. The van der Waals surface area contributed by atoms with Crippen molar-refractivity contribution in [2.24, 2.45) is 5.16 Å². The van der Waals surface area contributed by atoms with Gasteiger partial charge in [0.25, 0.3) is 5.91 Å². The van der Waals surface area contributed by atoms with Gasteiger partial charge in [-0.2, -0.15) is 0 Å². The molecule has 3 atom stereocenters. The van der Waals surface area contributed by atoms with E-state index in [0.717, 1.165) is 11.1 Å². The van der Waals surface area contributed by atoms with Crippen molar-refractivity contribution in [2.45, 2.75) is 49.9 Å². The zero-order valence-electron chi connectivity index (χ0n) is 26.4. The molecule has 1 unspecified atom stereocenters. The molecule has 244 valence electrons. The molecule has 0 aromatic heterocycles. The Hall–Kier alpha value is -5.10. The molecular formula is C35H36N4O7S. The summed E-state index contributed by atoms with van der Waals surface area (Å²) in [5.41, 5.74) is 1.69. The predicted molar refractivity (Wildman–Crippen MR) is 177 cm³/mol. The van der Waals surface area contributed by atoms with Gasteiger partial charge in [-0.15, -0.1) is 11.8 Å². The third-order valence-corrected chi connectivity index (χ3v) is 8.59. The molecule has 2 N–H and O–H groups in total. The lowest BCUT2D eigenvalue weighted by Gasteiger charge is -2.49. The number of β-lactam (4-membered cyclic amide) rings is 1. The number of oxime groups is 1. The molecule has 2 aliphatic rings. The molecule has 11 nitrogen and oxygen atoms in total. The summed E-state index contributed by atoms with van der Waals surface area (Å²) in [6.07, 6.45) is -0.144. The Balaban J connectivity index is 1.39. The highest BCUT2D eigenvalue weighted by Crippen LogP contribution is 2.41. The summed E-state index contributed by atoms with van der Waals surface area (Å²) >= 11 is 1.35. The van der Waals surface area contributed by atoms with Crippen LogP contribution in [-0.2, 0) is 28.7 Å². The van der Waals surface area contributed by atoms with Crippen LogP contribution >= 0.6 is 11.8 Å². The van der Waals surface area contributed by atoms with E-state index in [2.05, 4.69) is 15.8 Å². The van der Waals surface area contributed by atoms with Crippen LogP contribution in [-0.4, -0.2) is 64.9 Å². The van der Waals surface area contributed by atoms with E-state index in [4.69, 9.17) is 14.3 Å². The highest BCUT2D eigenvalue weighted by Gasteiger charge is 2.55. The van der Waals surface area contributed by atoms with Crippen LogP contribution in [0.3, 0.4) is 0 Å². The molecule has 1 saturated heterocycles. The minimum absolute atomic E-state index is 0.0217. The van der Waals surface area contributed by atoms with Crippen molar-refractivity contribution in [3.05, 3.63) is 119 Å². The maximum Gasteiger partial charge on any atom is 0.408 e. The lowest BCUT2D eigenvalue weighted by Crippen LogP contribution is -2.71. The van der Waals surface area contributed by atoms with Gasteiger partial charge in [0.05, 0.1) is 6.21 Å². The fourth-order valence-corrected chi connectivity index (χ4v) is 6.50. The van der Waals surface area contributed by atoms with Crippen LogP contribution in [0.2, 0.25) is 0 Å². The number of thioether (sulfide) groups is 1. The Bertz CT molecular complexity index is 1620. The third-order valence-electron chi connectivity index (χ3n) is 7.29. The first-order valence-corrected chi connectivity index (χ1v) is 16.0. The quantitative estimate of drug-likeness (QED) is 0.137. The molecule has 12 heteroatoms. The summed E-state index contributed by atoms with van der Waals surface area (Å²) in [5.74, 6) is -1.55. The van der Waals surface area contributed by atoms with Crippen molar-refractivity contribution < 1.29 is 33.5 Å². The van der Waals surface area contributed by atoms with E-state index >= 15 is 0 Å². The number of carbonyl (C=O) groups is 4. The molecule has 0 spiro atoms. The van der Waals surface area contributed by atoms with Gasteiger partial charge < -0.3 is 24.9 Å². The number of carbonyl (C=O) groups excluding carboxylic acids is 4. The Morgan fingerprint density at radius 3 is 2.00 bits per heavy atom. The number of hydrogen-bond acceptors (Lipinski definition) is 9. The van der Waals surface area contributed by atoms with Gasteiger partial charge in [0, 0.05) is 11.3 Å². The van der Waals surface area contributed by atoms with Crippen LogP contribution in [0.25, 0.3) is 0 Å². The number of alkyl carbamates (subject to hydrolysis) is 1. The lowest BCUT2D eigenvalue weighted by atomic mass is 10.00. The molecule has 0 aliphatic carbocycles. The molecule has 0 bridgehead atoms. The van der Waals surface area contributed by atoms with Crippen LogP contribution in [0.5, 0.6) is 0 Å². The number of amides is 3. The maximum atomic E-state index is 14.0. The van der Waals surface area contributed by atoms with Gasteiger partial charge >= 0.3 is 12.1 Å². The molecule has 0 radical (unpaired) electrons. The zero-order chi connectivity index (χ0) is 33.6. The Morgan fingerprint density at radius 2 is 1.47 bits per heavy atom. The monoisotopic (exact) mass is 656 g/mol. The third kappa shape index (κ3) is 7.83. The van der Waals surface area contributed by atoms with Gasteiger partial charge in [0.1, 0.15) is 35.9 Å². The standard InChI is InChI=1S/C35H36N4O7S/c1-35(2,3)46-34(43)38-26(22-14-8-5-9-15-22)30(40)37-27-31(41)39-28(25(20-36-44-4)21-47-32(27)39)33(42)45-29(23-16-10-6-11-17-23)24-18-12-7-13-19-24/h5-20,26-27,29,32H,21H2,1-4H3,(H,37,40)(H,38,43)/t26-,27?,32-/m0/s1. The van der Waals surface area contributed by atoms with Crippen molar-refractivity contribution in [3.8, 4) is 0 Å². The Labute approximate surface area is 277 Å². The molecular weight excluding hydrogens is 620 g/mol. The number of benzene rings is 3. The van der Waals surface area contributed by atoms with E-state index in [1.165, 1.54) is 30.0 Å². The molecule has 2 heterocycles. The summed E-state index contributed by atoms with van der Waals surface area (Å²) in [7, 11) is 1.38. The lowest BCUT2D eigenvalue weighted by molar-refractivity contribution is -0.154. The largest absolute Gasteiger partial charge is 0.448 e. The topological polar surface area (TPSA) is 136 Å². The van der Waals surface area contributed by atoms with Gasteiger partial charge in [0.2, 0.25) is 5.91 Å². The van der Waals surface area contributed by atoms with Crippen molar-refractivity contribution in [1.82, 2.24) is 15.5 Å². The molecule has 3 aromatic carbocycles. The average Bonchev–Trinajstić information content (AvgIpc) is 3.07. The summed E-state index contributed by atoms with van der Waals surface area (Å²) in [4.78, 5) is 60.2. The Morgan fingerprint density at radius 1 is 0.915 bits per heavy atom. The maximum absolute atomic E-state index is 14.0. The van der Waals surface area contributed by atoms with Gasteiger partial charge in [-0.1, -0.05) is 96.2 Å². The van der Waals surface area contributed by atoms with E-state index in [0.29, 0.717) is 11.1 Å². The van der Waals surface area contributed by atoms with Crippen LogP contribution in [0.1, 0.15) is 49.6 Å². The van der Waals surface area contributed by atoms with E-state index in [-0.39, 0.29) is 11.4 Å². The summed E-state index contributed by atoms with van der Waals surface area (Å²) in [5, 5.41) is 8.64. The van der Waals surface area contributed by atoms with E-state index in [1.807, 2.05) is 60.7 Å². The molecule has 3 aromatic rings. The molecule has 0 saturated carbocycles. The number of nitrogens with one attached hydrogen (secondary N) is 2. The minimum Gasteiger partial charge on any atom is -0.448 e. The first kappa shape index (κ1) is 33.3. The van der Waals surface area contributed by atoms with Crippen LogP contribution in [0, 0.1) is 0 Å². The van der Waals surface area contributed by atoms with Gasteiger partial charge in [-0.25, -0.2) is 9.59 Å². The van der Waals surface area contributed by atoms with Gasteiger partial charge in [0.15, 0.2) is 6.10 Å². The second-order valence-corrected chi connectivity index (χ2v) is 12.9. The second kappa shape index (κ2) is 14.5. The van der Waals surface area contributed by atoms with E-state index in [1.54, 1.807) is 51.1 Å². The normalized spacial score (nSPS) is 18.2. The Kier molecular flexibility index (Phi) is 10.3. The van der Waals surface area contributed by atoms with Crippen LogP contribution < -0.4 is 10.6 Å². The summed E-state index contributed by atoms with van der Waals surface area (Å²) < 4.78 is 11.5. The molecule has 2 aliphatic heterocycles. The number of fused-ring (bicyclic) bond motifs is 1. The van der Waals surface area contributed by atoms with Crippen molar-refractivity contribution >= 4 is 41.9 Å².